The molecule has 0 aromatic heterocycles. The summed E-state index contributed by atoms with van der Waals surface area (Å²) in [6.45, 7) is 0.302. The van der Waals surface area contributed by atoms with Crippen LogP contribution in [0.15, 0.2) is 78.4 Å². The SMILES string of the molecule is O=C1NC(=O)N(c2ccc(OCc3ccc(Cl)cc3)cc2)C(=O)/C1=C/c1ccc([N+](=O)[O-])cc1. The first-order valence-electron chi connectivity index (χ1n) is 9.95. The third-order valence-corrected chi connectivity index (χ3v) is 5.18. The Morgan fingerprint density at radius 2 is 1.59 bits per heavy atom. The van der Waals surface area contributed by atoms with Crippen molar-refractivity contribution in [2.45, 2.75) is 6.61 Å². The van der Waals surface area contributed by atoms with Gasteiger partial charge < -0.3 is 4.74 Å². The topological polar surface area (TPSA) is 119 Å². The van der Waals surface area contributed by atoms with Crippen molar-refractivity contribution >= 4 is 46.9 Å². The number of imide groups is 2. The molecule has 170 valence electrons. The van der Waals surface area contributed by atoms with Gasteiger partial charge in [0, 0.05) is 17.2 Å². The molecule has 0 bridgehead atoms. The zero-order valence-corrected chi connectivity index (χ0v) is 18.2. The number of rotatable bonds is 6. The summed E-state index contributed by atoms with van der Waals surface area (Å²) >= 11 is 5.87. The maximum Gasteiger partial charge on any atom is 0.335 e. The Morgan fingerprint density at radius 3 is 2.21 bits per heavy atom. The number of nitro groups is 1. The fourth-order valence-electron chi connectivity index (χ4n) is 3.19. The largest absolute Gasteiger partial charge is 0.489 e. The van der Waals surface area contributed by atoms with Gasteiger partial charge in [0.05, 0.1) is 10.6 Å². The van der Waals surface area contributed by atoms with Crippen molar-refractivity contribution in [1.82, 2.24) is 5.32 Å². The maximum absolute atomic E-state index is 13.0. The van der Waals surface area contributed by atoms with Gasteiger partial charge in [0.1, 0.15) is 17.9 Å². The smallest absolute Gasteiger partial charge is 0.335 e. The van der Waals surface area contributed by atoms with Gasteiger partial charge in [-0.25, -0.2) is 9.69 Å². The minimum Gasteiger partial charge on any atom is -0.489 e. The molecule has 0 spiro atoms. The van der Waals surface area contributed by atoms with Gasteiger partial charge in [-0.05, 0) is 65.7 Å². The minimum atomic E-state index is -0.884. The quantitative estimate of drug-likeness (QED) is 0.242. The van der Waals surface area contributed by atoms with Crippen LogP contribution in [0.3, 0.4) is 0 Å². The number of non-ortho nitro benzene ring substituents is 1. The number of hydrogen-bond acceptors (Lipinski definition) is 6. The van der Waals surface area contributed by atoms with Crippen LogP contribution in [0.25, 0.3) is 6.08 Å². The molecule has 34 heavy (non-hydrogen) atoms. The van der Waals surface area contributed by atoms with E-state index in [-0.39, 0.29) is 16.9 Å². The summed E-state index contributed by atoms with van der Waals surface area (Å²) in [7, 11) is 0. The molecule has 4 rings (SSSR count). The Hall–Kier alpha value is -4.50. The average Bonchev–Trinajstić information content (AvgIpc) is 2.82. The van der Waals surface area contributed by atoms with Gasteiger partial charge in [-0.1, -0.05) is 23.7 Å². The summed E-state index contributed by atoms with van der Waals surface area (Å²) < 4.78 is 5.71. The van der Waals surface area contributed by atoms with Gasteiger partial charge in [0.15, 0.2) is 0 Å². The van der Waals surface area contributed by atoms with E-state index in [0.717, 1.165) is 10.5 Å². The van der Waals surface area contributed by atoms with E-state index in [1.54, 1.807) is 24.3 Å². The number of benzene rings is 3. The zero-order valence-electron chi connectivity index (χ0n) is 17.4. The normalized spacial score (nSPS) is 14.8. The first-order valence-corrected chi connectivity index (χ1v) is 10.3. The lowest BCUT2D eigenvalue weighted by Crippen LogP contribution is -2.54. The van der Waals surface area contributed by atoms with Crippen LogP contribution >= 0.6 is 11.6 Å². The highest BCUT2D eigenvalue weighted by Gasteiger charge is 2.36. The molecule has 1 heterocycles. The number of halogens is 1. The third-order valence-electron chi connectivity index (χ3n) is 4.93. The Balaban J connectivity index is 1.51. The Bertz CT molecular complexity index is 1300. The second-order valence-electron chi connectivity index (χ2n) is 7.22. The highest BCUT2D eigenvalue weighted by molar-refractivity contribution is 6.39. The van der Waals surface area contributed by atoms with E-state index in [9.17, 15) is 24.5 Å². The second-order valence-corrected chi connectivity index (χ2v) is 7.65. The Labute approximate surface area is 198 Å². The monoisotopic (exact) mass is 477 g/mol. The number of urea groups is 1. The van der Waals surface area contributed by atoms with E-state index in [4.69, 9.17) is 16.3 Å². The maximum atomic E-state index is 13.0. The summed E-state index contributed by atoms with van der Waals surface area (Å²) in [4.78, 5) is 48.7. The molecule has 1 saturated heterocycles. The lowest BCUT2D eigenvalue weighted by Gasteiger charge is -2.26. The second kappa shape index (κ2) is 9.55. The Morgan fingerprint density at radius 1 is 0.941 bits per heavy atom. The number of anilines is 1. The number of amides is 4. The van der Waals surface area contributed by atoms with Crippen LogP contribution in [0.5, 0.6) is 5.75 Å². The molecule has 3 aromatic carbocycles. The Kier molecular flexibility index (Phi) is 6.37. The van der Waals surface area contributed by atoms with E-state index < -0.39 is 22.8 Å². The van der Waals surface area contributed by atoms with Crippen LogP contribution in [0.1, 0.15) is 11.1 Å². The number of nitrogens with one attached hydrogen (secondary N) is 1. The van der Waals surface area contributed by atoms with Crippen LogP contribution in [0.4, 0.5) is 16.2 Å². The molecule has 1 aliphatic heterocycles. The van der Waals surface area contributed by atoms with Gasteiger partial charge in [-0.15, -0.1) is 0 Å². The summed E-state index contributed by atoms with van der Waals surface area (Å²) in [5.41, 5.74) is 1.14. The van der Waals surface area contributed by atoms with Crippen LogP contribution in [-0.4, -0.2) is 22.8 Å². The summed E-state index contributed by atoms with van der Waals surface area (Å²) in [5.74, 6) is -1.16. The van der Waals surface area contributed by atoms with E-state index in [1.165, 1.54) is 42.5 Å². The van der Waals surface area contributed by atoms with Crippen molar-refractivity contribution in [3.05, 3.63) is 105 Å². The molecule has 1 aliphatic rings. The molecular formula is C24H16ClN3O6. The average molecular weight is 478 g/mol. The van der Waals surface area contributed by atoms with Crippen molar-refractivity contribution < 1.29 is 24.0 Å². The van der Waals surface area contributed by atoms with Crippen LogP contribution < -0.4 is 15.0 Å². The predicted molar refractivity (Wildman–Crippen MR) is 124 cm³/mol. The van der Waals surface area contributed by atoms with Crippen molar-refractivity contribution in [2.24, 2.45) is 0 Å². The molecule has 0 radical (unpaired) electrons. The van der Waals surface area contributed by atoms with Crippen molar-refractivity contribution in [2.75, 3.05) is 4.90 Å². The third kappa shape index (κ3) is 4.94. The van der Waals surface area contributed by atoms with E-state index in [1.807, 2.05) is 12.1 Å². The fraction of sp³-hybridized carbons (Fsp3) is 0.0417. The molecule has 0 saturated carbocycles. The molecule has 0 atom stereocenters. The number of nitrogens with zero attached hydrogens (tertiary/aromatic N) is 2. The van der Waals surface area contributed by atoms with Gasteiger partial charge >= 0.3 is 6.03 Å². The van der Waals surface area contributed by atoms with Gasteiger partial charge in [-0.2, -0.15) is 0 Å². The lowest BCUT2D eigenvalue weighted by molar-refractivity contribution is -0.384. The van der Waals surface area contributed by atoms with Crippen LogP contribution in [0, 0.1) is 10.1 Å². The number of ether oxygens (including phenoxy) is 1. The lowest BCUT2D eigenvalue weighted by atomic mass is 10.1. The predicted octanol–water partition coefficient (Wildman–Crippen LogP) is 4.49. The fourth-order valence-corrected chi connectivity index (χ4v) is 3.32. The molecule has 3 aromatic rings. The zero-order chi connectivity index (χ0) is 24.2. The molecule has 9 nitrogen and oxygen atoms in total. The van der Waals surface area contributed by atoms with Gasteiger partial charge in [0.25, 0.3) is 17.5 Å². The molecule has 4 amide bonds. The van der Waals surface area contributed by atoms with E-state index in [0.29, 0.717) is 22.9 Å². The van der Waals surface area contributed by atoms with Crippen molar-refractivity contribution in [1.29, 1.82) is 0 Å². The summed E-state index contributed by atoms with van der Waals surface area (Å²) in [6, 6.07) is 17.9. The van der Waals surface area contributed by atoms with Gasteiger partial charge in [0.2, 0.25) is 0 Å². The standard InChI is InChI=1S/C24H16ClN3O6/c25-17-5-1-16(2-6-17)14-34-20-11-9-18(10-12-20)27-23(30)21(22(29)26-24(27)31)13-15-3-7-19(8-4-15)28(32)33/h1-13H,14H2,(H,26,29,31)/b21-13+. The van der Waals surface area contributed by atoms with Crippen molar-refractivity contribution in [3.63, 3.8) is 0 Å². The molecule has 0 aliphatic carbocycles. The molecule has 10 heteroatoms. The number of hydrogen-bond donors (Lipinski definition) is 1. The number of carbonyl (C=O) groups is 3. The minimum absolute atomic E-state index is 0.128. The number of nitro benzene ring substituents is 1. The van der Waals surface area contributed by atoms with E-state index >= 15 is 0 Å². The van der Waals surface area contributed by atoms with Crippen LogP contribution in [0.2, 0.25) is 5.02 Å². The number of carbonyl (C=O) groups excluding carboxylic acids is 3. The van der Waals surface area contributed by atoms with E-state index in [2.05, 4.69) is 5.32 Å². The molecule has 0 unspecified atom stereocenters. The summed E-state index contributed by atoms with van der Waals surface area (Å²) in [6.07, 6.45) is 1.27. The molecule has 1 N–H and O–H groups in total. The van der Waals surface area contributed by atoms with Gasteiger partial charge in [-0.3, -0.25) is 25.0 Å². The first-order chi connectivity index (χ1) is 16.3. The van der Waals surface area contributed by atoms with Crippen LogP contribution in [-0.2, 0) is 16.2 Å². The van der Waals surface area contributed by atoms with Crippen molar-refractivity contribution in [3.8, 4) is 5.75 Å². The summed E-state index contributed by atoms with van der Waals surface area (Å²) in [5, 5.41) is 13.6. The highest BCUT2D eigenvalue weighted by Crippen LogP contribution is 2.25. The number of barbiturate groups is 1. The molecule has 1 fully saturated rings. The first kappa shape index (κ1) is 22.7. The highest BCUT2D eigenvalue weighted by atomic mass is 35.5. The molecular weight excluding hydrogens is 462 g/mol.